The van der Waals surface area contributed by atoms with Crippen molar-refractivity contribution in [1.82, 2.24) is 10.3 Å². The first-order chi connectivity index (χ1) is 8.24. The van der Waals surface area contributed by atoms with Crippen molar-refractivity contribution in [3.05, 3.63) is 35.6 Å². The maximum atomic E-state index is 5.82. The Labute approximate surface area is 135 Å². The fourth-order valence-electron chi connectivity index (χ4n) is 2.19. The van der Waals surface area contributed by atoms with Crippen LogP contribution in [0.2, 0.25) is 0 Å². The van der Waals surface area contributed by atoms with Crippen LogP contribution in [0.25, 0.3) is 0 Å². The van der Waals surface area contributed by atoms with Crippen molar-refractivity contribution in [2.24, 2.45) is 0 Å². The van der Waals surface area contributed by atoms with E-state index >= 15 is 0 Å². The molecule has 3 nitrogen and oxygen atoms in total. The fourth-order valence-corrected chi connectivity index (χ4v) is 2.54. The highest BCUT2D eigenvalue weighted by molar-refractivity contribution is 9.10. The average molecular weight is 370 g/mol. The molecule has 0 amide bonds. The number of aromatic nitrogens is 1. The molecular weight excluding hydrogens is 351 g/mol. The van der Waals surface area contributed by atoms with Gasteiger partial charge in [0.1, 0.15) is 12.4 Å². The van der Waals surface area contributed by atoms with Gasteiger partial charge in [0.05, 0.1) is 11.7 Å². The molecule has 1 aromatic rings. The minimum absolute atomic E-state index is 0. The molecule has 0 spiro atoms. The smallest absolute Gasteiger partial charge is 0.138 e. The highest BCUT2D eigenvalue weighted by atomic mass is 79.9. The van der Waals surface area contributed by atoms with Crippen molar-refractivity contribution < 1.29 is 4.74 Å². The van der Waals surface area contributed by atoms with E-state index in [0.717, 1.165) is 29.6 Å². The van der Waals surface area contributed by atoms with Gasteiger partial charge in [-0.3, -0.25) is 4.98 Å². The quantitative estimate of drug-likeness (QED) is 0.802. The standard InChI is InChI=1S/C13H17BrN2O.2ClH/c1-2-4-13(5-3-6-16-13)10-17-12-7-11(14)8-15-9-12;;/h2,7-9,16H,1,3-6,10H2;2*1H/t13-;;/m1../s1. The van der Waals surface area contributed by atoms with Gasteiger partial charge in [0.25, 0.3) is 0 Å². The maximum Gasteiger partial charge on any atom is 0.138 e. The Bertz CT molecular complexity index is 398. The number of pyridine rings is 1. The fraction of sp³-hybridized carbons (Fsp3) is 0.462. The molecule has 0 aliphatic carbocycles. The molecule has 1 aromatic heterocycles. The van der Waals surface area contributed by atoms with Crippen molar-refractivity contribution >= 4 is 40.7 Å². The van der Waals surface area contributed by atoms with Crippen LogP contribution in [-0.2, 0) is 0 Å². The van der Waals surface area contributed by atoms with E-state index in [0.29, 0.717) is 6.61 Å². The van der Waals surface area contributed by atoms with Crippen LogP contribution in [0.15, 0.2) is 35.6 Å². The van der Waals surface area contributed by atoms with Crippen LogP contribution in [0.1, 0.15) is 19.3 Å². The van der Waals surface area contributed by atoms with E-state index in [2.05, 4.69) is 32.8 Å². The lowest BCUT2D eigenvalue weighted by Gasteiger charge is -2.28. The van der Waals surface area contributed by atoms with Crippen LogP contribution in [-0.4, -0.2) is 23.7 Å². The first-order valence-electron chi connectivity index (χ1n) is 5.83. The van der Waals surface area contributed by atoms with Gasteiger partial charge in [0, 0.05) is 10.7 Å². The third kappa shape index (κ3) is 5.30. The third-order valence-corrected chi connectivity index (χ3v) is 3.50. The summed E-state index contributed by atoms with van der Waals surface area (Å²) < 4.78 is 6.76. The van der Waals surface area contributed by atoms with E-state index in [1.807, 2.05) is 12.1 Å². The number of halogens is 3. The predicted molar refractivity (Wildman–Crippen MR) is 86.7 cm³/mol. The molecule has 19 heavy (non-hydrogen) atoms. The molecule has 0 bridgehead atoms. The summed E-state index contributed by atoms with van der Waals surface area (Å²) in [6.45, 7) is 5.55. The van der Waals surface area contributed by atoms with Crippen molar-refractivity contribution in [2.75, 3.05) is 13.2 Å². The van der Waals surface area contributed by atoms with Gasteiger partial charge in [-0.25, -0.2) is 0 Å². The van der Waals surface area contributed by atoms with Gasteiger partial charge >= 0.3 is 0 Å². The number of ether oxygens (including phenoxy) is 1. The number of rotatable bonds is 5. The molecule has 108 valence electrons. The third-order valence-electron chi connectivity index (χ3n) is 3.06. The number of nitrogens with one attached hydrogen (secondary N) is 1. The summed E-state index contributed by atoms with van der Waals surface area (Å²) in [6.07, 6.45) is 8.73. The van der Waals surface area contributed by atoms with Crippen LogP contribution in [0.5, 0.6) is 5.75 Å². The molecule has 2 rings (SSSR count). The Balaban J connectivity index is 0.00000162. The summed E-state index contributed by atoms with van der Waals surface area (Å²) in [7, 11) is 0. The zero-order valence-corrected chi connectivity index (χ0v) is 13.8. The SMILES string of the molecule is C=CC[C@]1(COc2cncc(Br)c2)CCCN1.Cl.Cl. The second-order valence-electron chi connectivity index (χ2n) is 4.43. The van der Waals surface area contributed by atoms with Crippen molar-refractivity contribution in [1.29, 1.82) is 0 Å². The monoisotopic (exact) mass is 368 g/mol. The molecule has 1 aliphatic rings. The molecule has 2 heterocycles. The number of hydrogen-bond donors (Lipinski definition) is 1. The van der Waals surface area contributed by atoms with E-state index in [4.69, 9.17) is 4.74 Å². The van der Waals surface area contributed by atoms with Crippen LogP contribution in [0.4, 0.5) is 0 Å². The molecule has 0 aromatic carbocycles. The lowest BCUT2D eigenvalue weighted by molar-refractivity contribution is 0.198. The van der Waals surface area contributed by atoms with Gasteiger partial charge in [-0.15, -0.1) is 31.4 Å². The Morgan fingerprint density at radius 3 is 2.84 bits per heavy atom. The summed E-state index contributed by atoms with van der Waals surface area (Å²) in [5.41, 5.74) is 0.0596. The summed E-state index contributed by atoms with van der Waals surface area (Å²) in [5, 5.41) is 3.53. The summed E-state index contributed by atoms with van der Waals surface area (Å²) in [4.78, 5) is 4.09. The number of hydrogen-bond acceptors (Lipinski definition) is 3. The van der Waals surface area contributed by atoms with Crippen molar-refractivity contribution in [3.8, 4) is 5.75 Å². The lowest BCUT2D eigenvalue weighted by Crippen LogP contribution is -2.44. The van der Waals surface area contributed by atoms with Crippen molar-refractivity contribution in [2.45, 2.75) is 24.8 Å². The molecule has 0 radical (unpaired) electrons. The van der Waals surface area contributed by atoms with E-state index in [1.165, 1.54) is 6.42 Å². The van der Waals surface area contributed by atoms with E-state index in [1.54, 1.807) is 12.4 Å². The van der Waals surface area contributed by atoms with E-state index in [-0.39, 0.29) is 30.4 Å². The summed E-state index contributed by atoms with van der Waals surface area (Å²) in [5.74, 6) is 0.802. The molecule has 6 heteroatoms. The zero-order valence-electron chi connectivity index (χ0n) is 10.6. The topological polar surface area (TPSA) is 34.1 Å². The molecular formula is C13H19BrCl2N2O. The second kappa shape index (κ2) is 8.80. The highest BCUT2D eigenvalue weighted by Crippen LogP contribution is 2.25. The summed E-state index contributed by atoms with van der Waals surface area (Å²) >= 11 is 3.39. The minimum atomic E-state index is 0. The molecule has 0 saturated carbocycles. The Hall–Kier alpha value is -0.290. The minimum Gasteiger partial charge on any atom is -0.490 e. The van der Waals surface area contributed by atoms with Crippen LogP contribution in [0.3, 0.4) is 0 Å². The number of nitrogens with zero attached hydrogens (tertiary/aromatic N) is 1. The predicted octanol–water partition coefficient (Wildman–Crippen LogP) is 3.76. The van der Waals surface area contributed by atoms with E-state index < -0.39 is 0 Å². The maximum absolute atomic E-state index is 5.82. The highest BCUT2D eigenvalue weighted by Gasteiger charge is 2.32. The lowest BCUT2D eigenvalue weighted by atomic mass is 9.94. The van der Waals surface area contributed by atoms with E-state index in [9.17, 15) is 0 Å². The second-order valence-corrected chi connectivity index (χ2v) is 5.35. The zero-order chi connectivity index (χ0) is 12.1. The Morgan fingerprint density at radius 2 is 2.26 bits per heavy atom. The van der Waals surface area contributed by atoms with Gasteiger partial charge in [0.2, 0.25) is 0 Å². The van der Waals surface area contributed by atoms with Gasteiger partial charge < -0.3 is 10.1 Å². The van der Waals surface area contributed by atoms with Crippen LogP contribution >= 0.6 is 40.7 Å². The normalized spacial score (nSPS) is 21.1. The molecule has 1 saturated heterocycles. The first-order valence-corrected chi connectivity index (χ1v) is 6.63. The molecule has 1 N–H and O–H groups in total. The van der Waals surface area contributed by atoms with Gasteiger partial charge in [-0.2, -0.15) is 0 Å². The average Bonchev–Trinajstić information content (AvgIpc) is 2.76. The van der Waals surface area contributed by atoms with Crippen LogP contribution < -0.4 is 10.1 Å². The molecule has 0 unspecified atom stereocenters. The first kappa shape index (κ1) is 18.7. The van der Waals surface area contributed by atoms with Crippen LogP contribution in [0, 0.1) is 0 Å². The van der Waals surface area contributed by atoms with Gasteiger partial charge in [-0.1, -0.05) is 6.08 Å². The summed E-state index contributed by atoms with van der Waals surface area (Å²) in [6, 6.07) is 1.93. The van der Waals surface area contributed by atoms with Gasteiger partial charge in [-0.05, 0) is 47.8 Å². The van der Waals surface area contributed by atoms with Gasteiger partial charge in [0.15, 0.2) is 0 Å². The largest absolute Gasteiger partial charge is 0.490 e. The Kier molecular flexibility index (Phi) is 8.66. The van der Waals surface area contributed by atoms with Crippen molar-refractivity contribution in [3.63, 3.8) is 0 Å². The molecule has 1 aliphatic heterocycles. The molecule has 1 atom stereocenters. The Morgan fingerprint density at radius 1 is 1.47 bits per heavy atom. The molecule has 1 fully saturated rings.